The van der Waals surface area contributed by atoms with Crippen molar-refractivity contribution in [2.24, 2.45) is 5.73 Å². The largest absolute Gasteiger partial charge is 0.376 e. The zero-order chi connectivity index (χ0) is 11.9. The number of ether oxygens (including phenoxy) is 1. The predicted molar refractivity (Wildman–Crippen MR) is 66.7 cm³/mol. The molecule has 0 radical (unpaired) electrons. The molecule has 5 heteroatoms. The van der Waals surface area contributed by atoms with Crippen molar-refractivity contribution in [1.82, 2.24) is 9.97 Å². The third-order valence-electron chi connectivity index (χ3n) is 3.04. The van der Waals surface area contributed by atoms with Crippen LogP contribution in [0.4, 0.5) is 5.82 Å². The van der Waals surface area contributed by atoms with Crippen LogP contribution >= 0.6 is 0 Å². The fourth-order valence-corrected chi connectivity index (χ4v) is 2.05. The molecule has 17 heavy (non-hydrogen) atoms. The Morgan fingerprint density at radius 2 is 2.12 bits per heavy atom. The Bertz CT molecular complexity index is 312. The van der Waals surface area contributed by atoms with Gasteiger partial charge < -0.3 is 15.8 Å². The van der Waals surface area contributed by atoms with E-state index in [9.17, 15) is 0 Å². The van der Waals surface area contributed by atoms with Crippen LogP contribution in [-0.2, 0) is 4.74 Å². The highest BCUT2D eigenvalue weighted by Gasteiger charge is 2.18. The Labute approximate surface area is 102 Å². The molecule has 1 heterocycles. The highest BCUT2D eigenvalue weighted by molar-refractivity contribution is 5.29. The molecule has 94 valence electrons. The number of hydrogen-bond donors (Lipinski definition) is 2. The van der Waals surface area contributed by atoms with E-state index in [4.69, 9.17) is 10.5 Å². The fraction of sp³-hybridized carbons (Fsp3) is 0.667. The second-order valence-electron chi connectivity index (χ2n) is 4.43. The van der Waals surface area contributed by atoms with E-state index in [2.05, 4.69) is 15.3 Å². The minimum atomic E-state index is 0.382. The number of nitrogens with zero attached hydrogens (tertiary/aromatic N) is 2. The topological polar surface area (TPSA) is 73.1 Å². The molecule has 1 saturated carbocycles. The molecular formula is C12H20N4O. The molecule has 0 aliphatic heterocycles. The van der Waals surface area contributed by atoms with Crippen LogP contribution in [0.2, 0.25) is 0 Å². The molecule has 0 unspecified atom stereocenters. The summed E-state index contributed by atoms with van der Waals surface area (Å²) in [5, 5.41) is 3.17. The highest BCUT2D eigenvalue weighted by Crippen LogP contribution is 2.19. The normalized spacial score (nSPS) is 24.5. The van der Waals surface area contributed by atoms with Gasteiger partial charge in [0, 0.05) is 25.0 Å². The summed E-state index contributed by atoms with van der Waals surface area (Å²) in [6.07, 6.45) is 9.78. The van der Waals surface area contributed by atoms with Gasteiger partial charge in [-0.15, -0.1) is 0 Å². The van der Waals surface area contributed by atoms with Gasteiger partial charge in [0.15, 0.2) is 0 Å². The third-order valence-corrected chi connectivity index (χ3v) is 3.04. The van der Waals surface area contributed by atoms with Crippen molar-refractivity contribution in [2.45, 2.75) is 37.8 Å². The minimum absolute atomic E-state index is 0.382. The van der Waals surface area contributed by atoms with Crippen LogP contribution in [0.15, 0.2) is 18.6 Å². The van der Waals surface area contributed by atoms with Crippen LogP contribution in [0.1, 0.15) is 25.7 Å². The lowest BCUT2D eigenvalue weighted by Crippen LogP contribution is -2.31. The van der Waals surface area contributed by atoms with E-state index in [1.807, 2.05) is 0 Å². The van der Waals surface area contributed by atoms with Crippen molar-refractivity contribution in [3.63, 3.8) is 0 Å². The minimum Gasteiger partial charge on any atom is -0.376 e. The Kier molecular flexibility index (Phi) is 4.70. The molecule has 5 nitrogen and oxygen atoms in total. The van der Waals surface area contributed by atoms with Crippen molar-refractivity contribution in [3.8, 4) is 0 Å². The fourth-order valence-electron chi connectivity index (χ4n) is 2.05. The zero-order valence-electron chi connectivity index (χ0n) is 10.0. The molecule has 1 aliphatic carbocycles. The van der Waals surface area contributed by atoms with E-state index in [0.29, 0.717) is 18.8 Å². The second kappa shape index (κ2) is 6.51. The quantitative estimate of drug-likeness (QED) is 0.751. The molecule has 0 aromatic carbocycles. The van der Waals surface area contributed by atoms with Crippen LogP contribution in [0.5, 0.6) is 0 Å². The van der Waals surface area contributed by atoms with Gasteiger partial charge in [0.05, 0.1) is 18.9 Å². The molecule has 1 aliphatic rings. The molecule has 3 N–H and O–H groups in total. The number of aromatic nitrogens is 2. The third kappa shape index (κ3) is 4.28. The molecule has 0 saturated heterocycles. The standard InChI is InChI=1S/C12H20N4O/c13-10-1-3-11(4-2-10)17-8-7-16-12-9-14-5-6-15-12/h5-6,9-11H,1-4,7-8,13H2,(H,15,16). The van der Waals surface area contributed by atoms with E-state index in [0.717, 1.165) is 38.0 Å². The average Bonchev–Trinajstić information content (AvgIpc) is 2.38. The molecule has 1 aromatic rings. The summed E-state index contributed by atoms with van der Waals surface area (Å²) in [6, 6.07) is 0.382. The highest BCUT2D eigenvalue weighted by atomic mass is 16.5. The summed E-state index contributed by atoms with van der Waals surface area (Å²) in [5.74, 6) is 0.793. The first-order chi connectivity index (χ1) is 8.34. The molecule has 0 bridgehead atoms. The van der Waals surface area contributed by atoms with Crippen LogP contribution in [0, 0.1) is 0 Å². The van der Waals surface area contributed by atoms with E-state index < -0.39 is 0 Å². The molecule has 0 spiro atoms. The molecule has 1 fully saturated rings. The first kappa shape index (κ1) is 12.3. The van der Waals surface area contributed by atoms with Crippen LogP contribution in [0.3, 0.4) is 0 Å². The lowest BCUT2D eigenvalue weighted by molar-refractivity contribution is 0.0313. The van der Waals surface area contributed by atoms with Gasteiger partial charge in [-0.25, -0.2) is 4.98 Å². The van der Waals surface area contributed by atoms with Gasteiger partial charge in [-0.1, -0.05) is 0 Å². The van der Waals surface area contributed by atoms with Gasteiger partial charge in [0.1, 0.15) is 5.82 Å². The Balaban J connectivity index is 1.57. The molecule has 0 atom stereocenters. The van der Waals surface area contributed by atoms with Crippen molar-refractivity contribution in [1.29, 1.82) is 0 Å². The predicted octanol–water partition coefficient (Wildman–Crippen LogP) is 1.17. The van der Waals surface area contributed by atoms with Crippen molar-refractivity contribution in [3.05, 3.63) is 18.6 Å². The number of hydrogen-bond acceptors (Lipinski definition) is 5. The van der Waals surface area contributed by atoms with Gasteiger partial charge in [-0.2, -0.15) is 0 Å². The molecule has 1 aromatic heterocycles. The van der Waals surface area contributed by atoms with Gasteiger partial charge >= 0.3 is 0 Å². The van der Waals surface area contributed by atoms with Crippen molar-refractivity contribution >= 4 is 5.82 Å². The molecular weight excluding hydrogens is 216 g/mol. The molecule has 2 rings (SSSR count). The smallest absolute Gasteiger partial charge is 0.144 e. The first-order valence-corrected chi connectivity index (χ1v) is 6.21. The Hall–Kier alpha value is -1.20. The number of anilines is 1. The summed E-state index contributed by atoms with van der Waals surface area (Å²) in [4.78, 5) is 8.11. The van der Waals surface area contributed by atoms with Crippen LogP contribution in [-0.4, -0.2) is 35.3 Å². The monoisotopic (exact) mass is 236 g/mol. The summed E-state index contributed by atoms with van der Waals surface area (Å²) in [7, 11) is 0. The van der Waals surface area contributed by atoms with Crippen molar-refractivity contribution in [2.75, 3.05) is 18.5 Å². The number of nitrogens with one attached hydrogen (secondary N) is 1. The van der Waals surface area contributed by atoms with Crippen molar-refractivity contribution < 1.29 is 4.74 Å². The van der Waals surface area contributed by atoms with Gasteiger partial charge in [0.25, 0.3) is 0 Å². The Morgan fingerprint density at radius 1 is 1.29 bits per heavy atom. The van der Waals surface area contributed by atoms with Crippen LogP contribution in [0.25, 0.3) is 0 Å². The van der Waals surface area contributed by atoms with Gasteiger partial charge in [0.2, 0.25) is 0 Å². The summed E-state index contributed by atoms with van der Waals surface area (Å²) in [5.41, 5.74) is 5.84. The van der Waals surface area contributed by atoms with E-state index in [1.165, 1.54) is 0 Å². The SMILES string of the molecule is NC1CCC(OCCNc2cnccn2)CC1. The maximum atomic E-state index is 5.84. The maximum Gasteiger partial charge on any atom is 0.144 e. The van der Waals surface area contributed by atoms with E-state index >= 15 is 0 Å². The van der Waals surface area contributed by atoms with E-state index in [-0.39, 0.29) is 0 Å². The lowest BCUT2D eigenvalue weighted by atomic mass is 9.94. The number of rotatable bonds is 5. The summed E-state index contributed by atoms with van der Waals surface area (Å²) in [6.45, 7) is 1.47. The molecule has 0 amide bonds. The van der Waals surface area contributed by atoms with E-state index in [1.54, 1.807) is 18.6 Å². The average molecular weight is 236 g/mol. The number of nitrogens with two attached hydrogens (primary N) is 1. The zero-order valence-corrected chi connectivity index (χ0v) is 10.0. The summed E-state index contributed by atoms with van der Waals surface area (Å²) < 4.78 is 5.79. The second-order valence-corrected chi connectivity index (χ2v) is 4.43. The van der Waals surface area contributed by atoms with Gasteiger partial charge in [-0.05, 0) is 25.7 Å². The maximum absolute atomic E-state index is 5.84. The Morgan fingerprint density at radius 3 is 2.82 bits per heavy atom. The summed E-state index contributed by atoms with van der Waals surface area (Å²) >= 11 is 0. The lowest BCUT2D eigenvalue weighted by Gasteiger charge is -2.26. The van der Waals surface area contributed by atoms with Crippen LogP contribution < -0.4 is 11.1 Å². The van der Waals surface area contributed by atoms with Gasteiger partial charge in [-0.3, -0.25) is 4.98 Å². The first-order valence-electron chi connectivity index (χ1n) is 6.21.